The molecule has 0 amide bonds. The molecule has 134 valence electrons. The lowest BCUT2D eigenvalue weighted by Gasteiger charge is -2.07. The Balaban J connectivity index is 1.92. The first kappa shape index (κ1) is 17.2. The normalized spacial score (nSPS) is 10.9. The number of nitro groups is 1. The van der Waals surface area contributed by atoms with E-state index in [2.05, 4.69) is 10.3 Å². The van der Waals surface area contributed by atoms with Crippen LogP contribution in [0, 0.1) is 24.0 Å². The second-order valence-electron chi connectivity index (χ2n) is 6.40. The van der Waals surface area contributed by atoms with Gasteiger partial charge in [0.2, 0.25) is 0 Å². The summed E-state index contributed by atoms with van der Waals surface area (Å²) in [5.41, 5.74) is 5.36. The molecule has 0 atom stereocenters. The fraction of sp³-hybridized carbons (Fsp3) is 0.0952. The minimum absolute atomic E-state index is 0.115. The molecule has 0 saturated heterocycles. The Morgan fingerprint density at radius 2 is 1.89 bits per heavy atom. The van der Waals surface area contributed by atoms with Crippen LogP contribution in [-0.2, 0) is 0 Å². The predicted octanol–water partition coefficient (Wildman–Crippen LogP) is 6.23. The lowest BCUT2D eigenvalue weighted by atomic mass is 10.0. The molecule has 27 heavy (non-hydrogen) atoms. The van der Waals surface area contributed by atoms with Gasteiger partial charge < -0.3 is 5.32 Å². The summed E-state index contributed by atoms with van der Waals surface area (Å²) in [6.45, 7) is 3.93. The van der Waals surface area contributed by atoms with Crippen molar-refractivity contribution in [2.24, 2.45) is 0 Å². The van der Waals surface area contributed by atoms with Crippen LogP contribution in [0.3, 0.4) is 0 Å². The SMILES string of the molecule is Cc1cccc(Nc2c([N+](=O)[O-])sc3c(-c4ccnc(C)c4)cccc23)c1. The molecule has 0 aliphatic heterocycles. The summed E-state index contributed by atoms with van der Waals surface area (Å²) < 4.78 is 0.893. The Morgan fingerprint density at radius 3 is 2.63 bits per heavy atom. The third kappa shape index (κ3) is 3.27. The summed E-state index contributed by atoms with van der Waals surface area (Å²) in [6.07, 6.45) is 1.76. The first-order valence-electron chi connectivity index (χ1n) is 8.49. The summed E-state index contributed by atoms with van der Waals surface area (Å²) in [4.78, 5) is 15.6. The van der Waals surface area contributed by atoms with Gasteiger partial charge in [0.05, 0.1) is 9.62 Å². The van der Waals surface area contributed by atoms with Crippen molar-refractivity contribution in [2.75, 3.05) is 5.32 Å². The maximum atomic E-state index is 11.7. The fourth-order valence-electron chi connectivity index (χ4n) is 3.16. The maximum Gasteiger partial charge on any atom is 0.348 e. The van der Waals surface area contributed by atoms with E-state index in [4.69, 9.17) is 0 Å². The predicted molar refractivity (Wildman–Crippen MR) is 111 cm³/mol. The highest BCUT2D eigenvalue weighted by Gasteiger charge is 2.23. The number of fused-ring (bicyclic) bond motifs is 1. The van der Waals surface area contributed by atoms with Crippen molar-refractivity contribution in [3.8, 4) is 11.1 Å². The van der Waals surface area contributed by atoms with Crippen LogP contribution < -0.4 is 5.32 Å². The zero-order chi connectivity index (χ0) is 19.0. The molecule has 0 spiro atoms. The van der Waals surface area contributed by atoms with Crippen molar-refractivity contribution in [1.82, 2.24) is 4.98 Å². The number of rotatable bonds is 4. The highest BCUT2D eigenvalue weighted by Crippen LogP contribution is 2.46. The standard InChI is InChI=1S/C21H17N3O2S/c1-13-5-3-6-16(11-13)23-19-18-8-4-7-17(15-9-10-22-14(2)12-15)20(18)27-21(19)24(25)26/h3-12,23H,1-2H3. The van der Waals surface area contributed by atoms with Crippen LogP contribution >= 0.6 is 11.3 Å². The third-order valence-corrected chi connectivity index (χ3v) is 5.55. The van der Waals surface area contributed by atoms with Gasteiger partial charge in [-0.05, 0) is 54.8 Å². The molecule has 2 heterocycles. The molecule has 5 nitrogen and oxygen atoms in total. The Hall–Kier alpha value is -3.25. The molecule has 4 aromatic rings. The van der Waals surface area contributed by atoms with E-state index in [0.29, 0.717) is 5.69 Å². The van der Waals surface area contributed by atoms with E-state index in [-0.39, 0.29) is 9.92 Å². The summed E-state index contributed by atoms with van der Waals surface area (Å²) in [7, 11) is 0. The van der Waals surface area contributed by atoms with Crippen molar-refractivity contribution >= 4 is 37.8 Å². The van der Waals surface area contributed by atoms with Gasteiger partial charge in [-0.3, -0.25) is 15.1 Å². The first-order valence-corrected chi connectivity index (χ1v) is 9.31. The summed E-state index contributed by atoms with van der Waals surface area (Å²) in [6, 6.07) is 17.6. The average molecular weight is 375 g/mol. The van der Waals surface area contributed by atoms with Crippen LogP contribution in [0.4, 0.5) is 16.4 Å². The Kier molecular flexibility index (Phi) is 4.33. The molecule has 0 aliphatic carbocycles. The molecule has 0 bridgehead atoms. The molecular weight excluding hydrogens is 358 g/mol. The topological polar surface area (TPSA) is 68.1 Å². The molecular formula is C21H17N3O2S. The van der Waals surface area contributed by atoms with Gasteiger partial charge in [-0.15, -0.1) is 0 Å². The molecule has 2 aromatic carbocycles. The number of thiophene rings is 1. The highest BCUT2D eigenvalue weighted by molar-refractivity contribution is 7.23. The van der Waals surface area contributed by atoms with E-state index < -0.39 is 0 Å². The summed E-state index contributed by atoms with van der Waals surface area (Å²) in [5.74, 6) is 0. The number of hydrogen-bond acceptors (Lipinski definition) is 5. The van der Waals surface area contributed by atoms with Crippen molar-refractivity contribution < 1.29 is 4.92 Å². The molecule has 1 N–H and O–H groups in total. The Bertz CT molecular complexity index is 1170. The van der Waals surface area contributed by atoms with Crippen molar-refractivity contribution in [3.05, 3.63) is 82.2 Å². The minimum Gasteiger partial charge on any atom is -0.349 e. The van der Waals surface area contributed by atoms with Gasteiger partial charge in [0.25, 0.3) is 0 Å². The Labute approximate surface area is 160 Å². The molecule has 0 saturated carbocycles. The fourth-order valence-corrected chi connectivity index (χ4v) is 4.27. The molecule has 4 rings (SSSR count). The van der Waals surface area contributed by atoms with Crippen LogP contribution in [-0.4, -0.2) is 9.91 Å². The quantitative estimate of drug-likeness (QED) is 0.339. The van der Waals surface area contributed by atoms with E-state index in [1.54, 1.807) is 6.20 Å². The zero-order valence-corrected chi connectivity index (χ0v) is 15.7. The maximum absolute atomic E-state index is 11.7. The first-order chi connectivity index (χ1) is 13.0. The second-order valence-corrected chi connectivity index (χ2v) is 7.40. The van der Waals surface area contributed by atoms with Gasteiger partial charge in [0, 0.05) is 23.0 Å². The van der Waals surface area contributed by atoms with Crippen molar-refractivity contribution in [1.29, 1.82) is 0 Å². The van der Waals surface area contributed by atoms with Gasteiger partial charge >= 0.3 is 5.00 Å². The number of nitrogens with zero attached hydrogens (tertiary/aromatic N) is 2. The van der Waals surface area contributed by atoms with Crippen LogP contribution in [0.25, 0.3) is 21.2 Å². The van der Waals surface area contributed by atoms with Gasteiger partial charge in [0.1, 0.15) is 5.69 Å². The molecule has 0 radical (unpaired) electrons. The van der Waals surface area contributed by atoms with E-state index in [1.165, 1.54) is 11.3 Å². The number of aryl methyl sites for hydroxylation is 2. The van der Waals surface area contributed by atoms with Crippen LogP contribution in [0.5, 0.6) is 0 Å². The monoisotopic (exact) mass is 375 g/mol. The van der Waals surface area contributed by atoms with E-state index in [9.17, 15) is 10.1 Å². The summed E-state index contributed by atoms with van der Waals surface area (Å²) in [5, 5.41) is 15.9. The van der Waals surface area contributed by atoms with Crippen molar-refractivity contribution in [2.45, 2.75) is 13.8 Å². The number of aromatic nitrogens is 1. The smallest absolute Gasteiger partial charge is 0.348 e. The van der Waals surface area contributed by atoms with E-state index in [0.717, 1.165) is 38.2 Å². The lowest BCUT2D eigenvalue weighted by Crippen LogP contribution is -1.94. The molecule has 0 fully saturated rings. The van der Waals surface area contributed by atoms with Gasteiger partial charge in [0.15, 0.2) is 0 Å². The lowest BCUT2D eigenvalue weighted by molar-refractivity contribution is -0.379. The Morgan fingerprint density at radius 1 is 1.07 bits per heavy atom. The minimum atomic E-state index is -0.315. The van der Waals surface area contributed by atoms with Crippen LogP contribution in [0.15, 0.2) is 60.8 Å². The van der Waals surface area contributed by atoms with Gasteiger partial charge in [-0.25, -0.2) is 0 Å². The molecule has 0 aliphatic rings. The number of anilines is 2. The van der Waals surface area contributed by atoms with Gasteiger partial charge in [-0.1, -0.05) is 41.7 Å². The molecule has 6 heteroatoms. The molecule has 2 aromatic heterocycles. The third-order valence-electron chi connectivity index (χ3n) is 4.36. The average Bonchev–Trinajstić information content (AvgIpc) is 3.01. The van der Waals surface area contributed by atoms with Crippen LogP contribution in [0.1, 0.15) is 11.3 Å². The largest absolute Gasteiger partial charge is 0.349 e. The van der Waals surface area contributed by atoms with E-state index in [1.807, 2.05) is 68.4 Å². The van der Waals surface area contributed by atoms with E-state index >= 15 is 0 Å². The molecule has 0 unspecified atom stereocenters. The summed E-state index contributed by atoms with van der Waals surface area (Å²) >= 11 is 1.20. The van der Waals surface area contributed by atoms with Gasteiger partial charge in [-0.2, -0.15) is 0 Å². The number of nitrogens with one attached hydrogen (secondary N) is 1. The number of hydrogen-bond donors (Lipinski definition) is 1. The number of pyridine rings is 1. The van der Waals surface area contributed by atoms with Crippen molar-refractivity contribution in [3.63, 3.8) is 0 Å². The van der Waals surface area contributed by atoms with Crippen LogP contribution in [0.2, 0.25) is 0 Å². The number of benzene rings is 2. The highest BCUT2D eigenvalue weighted by atomic mass is 32.1. The second kappa shape index (κ2) is 6.81. The zero-order valence-electron chi connectivity index (χ0n) is 14.9.